The summed E-state index contributed by atoms with van der Waals surface area (Å²) in [5.41, 5.74) is 0.108. The second-order valence-electron chi connectivity index (χ2n) is 5.23. The van der Waals surface area contributed by atoms with E-state index in [1.54, 1.807) is 35.6 Å². The standard InChI is InChI=1S/C17H17N3O2S/c1-3-20-17(22)13-8-5-4-7-12(13)15(19-20)16(21)18-11(2)14-9-6-10-23-14/h4-11H,3H2,1-2H3,(H,18,21)/t11-/m0/s1. The Hall–Kier alpha value is -2.47. The first-order chi connectivity index (χ1) is 11.1. The molecule has 0 radical (unpaired) electrons. The molecule has 1 atom stereocenters. The molecule has 0 aliphatic carbocycles. The highest BCUT2D eigenvalue weighted by Crippen LogP contribution is 2.19. The van der Waals surface area contributed by atoms with Gasteiger partial charge in [-0.2, -0.15) is 5.10 Å². The van der Waals surface area contributed by atoms with Crippen molar-refractivity contribution in [2.45, 2.75) is 26.4 Å². The summed E-state index contributed by atoms with van der Waals surface area (Å²) in [6, 6.07) is 10.9. The van der Waals surface area contributed by atoms with E-state index >= 15 is 0 Å². The lowest BCUT2D eigenvalue weighted by atomic mass is 10.1. The number of amides is 1. The van der Waals surface area contributed by atoms with E-state index in [2.05, 4.69) is 10.4 Å². The summed E-state index contributed by atoms with van der Waals surface area (Å²) in [7, 11) is 0. The maximum absolute atomic E-state index is 12.7. The molecule has 0 aliphatic heterocycles. The van der Waals surface area contributed by atoms with E-state index in [-0.39, 0.29) is 23.2 Å². The minimum Gasteiger partial charge on any atom is -0.343 e. The van der Waals surface area contributed by atoms with Crippen LogP contribution in [0.4, 0.5) is 0 Å². The number of rotatable bonds is 4. The fourth-order valence-electron chi connectivity index (χ4n) is 2.49. The first-order valence-electron chi connectivity index (χ1n) is 7.46. The normalized spacial score (nSPS) is 12.3. The monoisotopic (exact) mass is 327 g/mol. The molecular weight excluding hydrogens is 310 g/mol. The third-order valence-corrected chi connectivity index (χ3v) is 4.75. The first-order valence-corrected chi connectivity index (χ1v) is 8.34. The molecule has 0 fully saturated rings. The second kappa shape index (κ2) is 6.34. The number of aryl methyl sites for hydroxylation is 1. The Morgan fingerprint density at radius 2 is 2.00 bits per heavy atom. The van der Waals surface area contributed by atoms with Crippen LogP contribution in [0.3, 0.4) is 0 Å². The summed E-state index contributed by atoms with van der Waals surface area (Å²) in [5, 5.41) is 10.3. The second-order valence-corrected chi connectivity index (χ2v) is 6.20. The number of hydrogen-bond acceptors (Lipinski definition) is 4. The molecule has 1 N–H and O–H groups in total. The molecule has 118 valence electrons. The Bertz CT molecular complexity index is 900. The average molecular weight is 327 g/mol. The van der Waals surface area contributed by atoms with Crippen LogP contribution in [0.1, 0.15) is 35.3 Å². The van der Waals surface area contributed by atoms with Crippen molar-refractivity contribution in [3.8, 4) is 0 Å². The van der Waals surface area contributed by atoms with Gasteiger partial charge in [-0.15, -0.1) is 11.3 Å². The van der Waals surface area contributed by atoms with Crippen LogP contribution in [0, 0.1) is 0 Å². The maximum atomic E-state index is 12.7. The van der Waals surface area contributed by atoms with E-state index in [1.807, 2.05) is 31.4 Å². The lowest BCUT2D eigenvalue weighted by Crippen LogP contribution is -2.31. The molecule has 0 saturated carbocycles. The number of hydrogen-bond donors (Lipinski definition) is 1. The Balaban J connectivity index is 2.03. The van der Waals surface area contributed by atoms with Crippen molar-refractivity contribution in [3.63, 3.8) is 0 Å². The minimum atomic E-state index is -0.274. The summed E-state index contributed by atoms with van der Waals surface area (Å²) in [4.78, 5) is 26.0. The average Bonchev–Trinajstić information content (AvgIpc) is 3.10. The van der Waals surface area contributed by atoms with E-state index in [4.69, 9.17) is 0 Å². The number of aromatic nitrogens is 2. The van der Waals surface area contributed by atoms with Crippen molar-refractivity contribution in [3.05, 3.63) is 62.7 Å². The Labute approximate surface area is 137 Å². The Morgan fingerprint density at radius 1 is 1.26 bits per heavy atom. The molecule has 2 aromatic heterocycles. The summed E-state index contributed by atoms with van der Waals surface area (Å²) in [6.07, 6.45) is 0. The first kappa shape index (κ1) is 15.4. The Morgan fingerprint density at radius 3 is 2.65 bits per heavy atom. The molecule has 2 heterocycles. The van der Waals surface area contributed by atoms with Crippen LogP contribution in [0.15, 0.2) is 46.6 Å². The van der Waals surface area contributed by atoms with Crippen LogP contribution in [0.25, 0.3) is 10.8 Å². The summed E-state index contributed by atoms with van der Waals surface area (Å²) < 4.78 is 1.33. The fourth-order valence-corrected chi connectivity index (χ4v) is 3.23. The molecule has 0 aliphatic rings. The molecule has 23 heavy (non-hydrogen) atoms. The Kier molecular flexibility index (Phi) is 4.25. The van der Waals surface area contributed by atoms with Crippen molar-refractivity contribution >= 4 is 28.0 Å². The highest BCUT2D eigenvalue weighted by atomic mass is 32.1. The predicted octanol–water partition coefficient (Wildman–Crippen LogP) is 2.97. The van der Waals surface area contributed by atoms with Gasteiger partial charge in [0.2, 0.25) is 0 Å². The number of carbonyl (C=O) groups is 1. The molecule has 0 spiro atoms. The zero-order valence-electron chi connectivity index (χ0n) is 12.9. The molecule has 5 nitrogen and oxygen atoms in total. The van der Waals surface area contributed by atoms with Crippen LogP contribution in [-0.2, 0) is 6.54 Å². The van der Waals surface area contributed by atoms with Gasteiger partial charge in [-0.25, -0.2) is 4.68 Å². The van der Waals surface area contributed by atoms with Crippen LogP contribution < -0.4 is 10.9 Å². The third kappa shape index (κ3) is 2.90. The molecule has 0 bridgehead atoms. The third-order valence-electron chi connectivity index (χ3n) is 3.70. The van der Waals surface area contributed by atoms with E-state index in [9.17, 15) is 9.59 Å². The van der Waals surface area contributed by atoms with Crippen molar-refractivity contribution in [1.29, 1.82) is 0 Å². The van der Waals surface area contributed by atoms with Crippen LogP contribution in [0.5, 0.6) is 0 Å². The predicted molar refractivity (Wildman–Crippen MR) is 91.9 cm³/mol. The van der Waals surface area contributed by atoms with Gasteiger partial charge in [0.05, 0.1) is 11.4 Å². The number of benzene rings is 1. The molecule has 1 amide bonds. The number of thiophene rings is 1. The topological polar surface area (TPSA) is 64.0 Å². The number of carbonyl (C=O) groups excluding carboxylic acids is 1. The fraction of sp³-hybridized carbons (Fsp3) is 0.235. The van der Waals surface area contributed by atoms with Gasteiger partial charge in [0.15, 0.2) is 5.69 Å². The molecular formula is C17H17N3O2S. The largest absolute Gasteiger partial charge is 0.343 e. The summed E-state index contributed by atoms with van der Waals surface area (Å²) in [6.45, 7) is 4.19. The van der Waals surface area contributed by atoms with Crippen LogP contribution in [-0.4, -0.2) is 15.7 Å². The lowest BCUT2D eigenvalue weighted by molar-refractivity contribution is 0.0935. The zero-order valence-corrected chi connectivity index (χ0v) is 13.8. The van der Waals surface area contributed by atoms with Gasteiger partial charge in [-0.05, 0) is 31.4 Å². The van der Waals surface area contributed by atoms with Gasteiger partial charge >= 0.3 is 0 Å². The van der Waals surface area contributed by atoms with Crippen molar-refractivity contribution in [1.82, 2.24) is 15.1 Å². The minimum absolute atomic E-state index is 0.106. The zero-order chi connectivity index (χ0) is 16.4. The van der Waals surface area contributed by atoms with Gasteiger partial charge in [0.25, 0.3) is 11.5 Å². The van der Waals surface area contributed by atoms with E-state index < -0.39 is 0 Å². The van der Waals surface area contributed by atoms with E-state index in [0.717, 1.165) is 4.88 Å². The highest BCUT2D eigenvalue weighted by molar-refractivity contribution is 7.10. The summed E-state index contributed by atoms with van der Waals surface area (Å²) >= 11 is 1.59. The SMILES string of the molecule is CCn1nc(C(=O)N[C@@H](C)c2cccs2)c2ccccc2c1=O. The van der Waals surface area contributed by atoms with Crippen LogP contribution in [0.2, 0.25) is 0 Å². The smallest absolute Gasteiger partial charge is 0.274 e. The number of nitrogens with zero attached hydrogens (tertiary/aromatic N) is 2. The van der Waals surface area contributed by atoms with Crippen molar-refractivity contribution in [2.24, 2.45) is 0 Å². The maximum Gasteiger partial charge on any atom is 0.274 e. The molecule has 6 heteroatoms. The van der Waals surface area contributed by atoms with Gasteiger partial charge in [-0.1, -0.05) is 24.3 Å². The van der Waals surface area contributed by atoms with Crippen molar-refractivity contribution < 1.29 is 4.79 Å². The van der Waals surface area contributed by atoms with Crippen molar-refractivity contribution in [2.75, 3.05) is 0 Å². The van der Waals surface area contributed by atoms with Gasteiger partial charge in [0.1, 0.15) is 0 Å². The van der Waals surface area contributed by atoms with Gasteiger partial charge in [-0.3, -0.25) is 9.59 Å². The van der Waals surface area contributed by atoms with E-state index in [1.165, 1.54) is 4.68 Å². The van der Waals surface area contributed by atoms with E-state index in [0.29, 0.717) is 17.3 Å². The summed E-state index contributed by atoms with van der Waals surface area (Å²) in [5.74, 6) is -0.274. The van der Waals surface area contributed by atoms with Gasteiger partial charge in [0, 0.05) is 16.8 Å². The molecule has 3 aromatic rings. The number of fused-ring (bicyclic) bond motifs is 1. The quantitative estimate of drug-likeness (QED) is 0.801. The molecule has 3 rings (SSSR count). The molecule has 0 unspecified atom stereocenters. The molecule has 0 saturated heterocycles. The van der Waals surface area contributed by atoms with Crippen LogP contribution >= 0.6 is 11.3 Å². The molecule has 1 aromatic carbocycles. The lowest BCUT2D eigenvalue weighted by Gasteiger charge is -2.14. The number of nitrogens with one attached hydrogen (secondary N) is 1. The highest BCUT2D eigenvalue weighted by Gasteiger charge is 2.18. The van der Waals surface area contributed by atoms with Gasteiger partial charge < -0.3 is 5.32 Å².